The van der Waals surface area contributed by atoms with E-state index in [4.69, 9.17) is 0 Å². The number of benzene rings is 1. The highest BCUT2D eigenvalue weighted by Gasteiger charge is 2.02. The fourth-order valence-corrected chi connectivity index (χ4v) is 2.42. The topological polar surface area (TPSA) is 53.7 Å². The Kier molecular flexibility index (Phi) is 7.05. The van der Waals surface area contributed by atoms with E-state index in [0.29, 0.717) is 0 Å². The van der Waals surface area contributed by atoms with Crippen LogP contribution in [0.25, 0.3) is 5.65 Å². The number of nitrogens with zero attached hydrogens (tertiary/aromatic N) is 3. The van der Waals surface area contributed by atoms with Crippen LogP contribution in [-0.4, -0.2) is 28.9 Å². The molecule has 0 atom stereocenters. The van der Waals surface area contributed by atoms with Crippen LogP contribution >= 0.6 is 24.0 Å². The van der Waals surface area contributed by atoms with Crippen molar-refractivity contribution in [1.29, 1.82) is 0 Å². The number of nitrogens with one attached hydrogen (secondary N) is 2. The minimum Gasteiger partial charge on any atom is -0.356 e. The molecule has 5 nitrogen and oxygen atoms in total. The molecular weight excluding hydrogens is 413 g/mol. The molecule has 0 aliphatic rings. The van der Waals surface area contributed by atoms with Crippen molar-refractivity contribution in [2.45, 2.75) is 13.0 Å². The Bertz CT molecular complexity index is 749. The molecule has 2 N–H and O–H groups in total. The number of aliphatic imine (C=N–C) groups is 1. The Morgan fingerprint density at radius 2 is 1.88 bits per heavy atom. The van der Waals surface area contributed by atoms with Gasteiger partial charge in [-0.25, -0.2) is 4.98 Å². The molecule has 3 aromatic rings. The number of pyridine rings is 1. The molecule has 0 aliphatic carbocycles. The molecule has 1 aromatic carbocycles. The van der Waals surface area contributed by atoms with E-state index in [1.807, 2.05) is 47.0 Å². The van der Waals surface area contributed by atoms with Gasteiger partial charge in [-0.05, 0) is 17.7 Å². The van der Waals surface area contributed by atoms with Gasteiger partial charge in [-0.1, -0.05) is 36.4 Å². The first-order valence-electron chi connectivity index (χ1n) is 7.76. The Morgan fingerprint density at radius 3 is 2.62 bits per heavy atom. The number of aromatic nitrogens is 2. The lowest BCUT2D eigenvalue weighted by atomic mass is 10.2. The Morgan fingerprint density at radius 1 is 1.08 bits per heavy atom. The minimum atomic E-state index is 0. The number of halogens is 1. The summed E-state index contributed by atoms with van der Waals surface area (Å²) in [5.74, 6) is 0.803. The number of fused-ring (bicyclic) bond motifs is 1. The number of hydrogen-bond acceptors (Lipinski definition) is 2. The summed E-state index contributed by atoms with van der Waals surface area (Å²) in [6.07, 6.45) is 4.94. The van der Waals surface area contributed by atoms with Crippen molar-refractivity contribution in [3.8, 4) is 0 Å². The second-order valence-electron chi connectivity index (χ2n) is 5.29. The van der Waals surface area contributed by atoms with E-state index in [9.17, 15) is 0 Å². The molecule has 2 heterocycles. The van der Waals surface area contributed by atoms with E-state index >= 15 is 0 Å². The predicted octanol–water partition coefficient (Wildman–Crippen LogP) is 2.86. The third-order valence-electron chi connectivity index (χ3n) is 3.61. The van der Waals surface area contributed by atoms with E-state index in [2.05, 4.69) is 38.9 Å². The summed E-state index contributed by atoms with van der Waals surface area (Å²) in [7, 11) is 1.78. The van der Waals surface area contributed by atoms with Crippen LogP contribution in [0.2, 0.25) is 0 Å². The molecule has 0 fully saturated rings. The predicted molar refractivity (Wildman–Crippen MR) is 109 cm³/mol. The monoisotopic (exact) mass is 435 g/mol. The highest BCUT2D eigenvalue weighted by molar-refractivity contribution is 14.0. The largest absolute Gasteiger partial charge is 0.356 e. The van der Waals surface area contributed by atoms with Gasteiger partial charge in [-0.3, -0.25) is 4.99 Å². The van der Waals surface area contributed by atoms with Gasteiger partial charge in [0.15, 0.2) is 5.96 Å². The summed E-state index contributed by atoms with van der Waals surface area (Å²) in [5.41, 5.74) is 3.28. The molecular formula is C18H22IN5. The van der Waals surface area contributed by atoms with Gasteiger partial charge in [0.1, 0.15) is 5.65 Å². The van der Waals surface area contributed by atoms with Crippen LogP contribution in [-0.2, 0) is 13.0 Å². The summed E-state index contributed by atoms with van der Waals surface area (Å²) in [5, 5.41) is 6.63. The Balaban J connectivity index is 0.00000208. The quantitative estimate of drug-likeness (QED) is 0.368. The molecule has 0 saturated carbocycles. The molecule has 0 radical (unpaired) electrons. The van der Waals surface area contributed by atoms with Gasteiger partial charge in [-0.15, -0.1) is 24.0 Å². The van der Waals surface area contributed by atoms with E-state index in [0.717, 1.165) is 36.8 Å². The van der Waals surface area contributed by atoms with Gasteiger partial charge >= 0.3 is 0 Å². The molecule has 0 saturated heterocycles. The van der Waals surface area contributed by atoms with Gasteiger partial charge in [-0.2, -0.15) is 0 Å². The molecule has 0 bridgehead atoms. The van der Waals surface area contributed by atoms with Gasteiger partial charge in [0.05, 0.1) is 5.69 Å². The summed E-state index contributed by atoms with van der Waals surface area (Å²) in [6.45, 7) is 1.55. The third-order valence-corrected chi connectivity index (χ3v) is 3.61. The van der Waals surface area contributed by atoms with Crippen molar-refractivity contribution in [2.24, 2.45) is 4.99 Å². The van der Waals surface area contributed by atoms with Gasteiger partial charge < -0.3 is 15.0 Å². The molecule has 0 unspecified atom stereocenters. The van der Waals surface area contributed by atoms with Gasteiger partial charge in [0.2, 0.25) is 0 Å². The average molecular weight is 435 g/mol. The van der Waals surface area contributed by atoms with Crippen LogP contribution < -0.4 is 10.6 Å². The summed E-state index contributed by atoms with van der Waals surface area (Å²) in [6, 6.07) is 16.3. The zero-order valence-electron chi connectivity index (χ0n) is 13.6. The van der Waals surface area contributed by atoms with Gasteiger partial charge in [0, 0.05) is 39.0 Å². The molecule has 0 amide bonds. The second-order valence-corrected chi connectivity index (χ2v) is 5.29. The lowest BCUT2D eigenvalue weighted by Crippen LogP contribution is -2.37. The molecule has 6 heteroatoms. The SMILES string of the molecule is CN=C(NCCc1cn2ccccc2n1)NCc1ccccc1.I. The zero-order valence-corrected chi connectivity index (χ0v) is 16.0. The van der Waals surface area contributed by atoms with Crippen molar-refractivity contribution in [1.82, 2.24) is 20.0 Å². The molecule has 0 aliphatic heterocycles. The Hall–Kier alpha value is -2.09. The number of guanidine groups is 1. The fraction of sp³-hybridized carbons (Fsp3) is 0.222. The normalized spacial score (nSPS) is 11.1. The highest BCUT2D eigenvalue weighted by Crippen LogP contribution is 2.04. The van der Waals surface area contributed by atoms with Crippen molar-refractivity contribution in [3.63, 3.8) is 0 Å². The lowest BCUT2D eigenvalue weighted by molar-refractivity contribution is 0.787. The number of imidazole rings is 1. The molecule has 24 heavy (non-hydrogen) atoms. The summed E-state index contributed by atoms with van der Waals surface area (Å²) >= 11 is 0. The van der Waals surface area contributed by atoms with Crippen molar-refractivity contribution < 1.29 is 0 Å². The summed E-state index contributed by atoms with van der Waals surface area (Å²) < 4.78 is 2.04. The van der Waals surface area contributed by atoms with Crippen LogP contribution in [0, 0.1) is 0 Å². The van der Waals surface area contributed by atoms with Crippen LogP contribution in [0.15, 0.2) is 65.9 Å². The Labute approximate surface area is 159 Å². The van der Waals surface area contributed by atoms with E-state index in [1.165, 1.54) is 5.56 Å². The average Bonchev–Trinajstić information content (AvgIpc) is 3.01. The van der Waals surface area contributed by atoms with Crippen LogP contribution in [0.4, 0.5) is 0 Å². The first kappa shape index (κ1) is 18.3. The smallest absolute Gasteiger partial charge is 0.191 e. The van der Waals surface area contributed by atoms with Crippen molar-refractivity contribution >= 4 is 35.6 Å². The maximum absolute atomic E-state index is 4.59. The molecule has 0 spiro atoms. The molecule has 126 valence electrons. The van der Waals surface area contributed by atoms with E-state index in [1.54, 1.807) is 7.05 Å². The third kappa shape index (κ3) is 4.95. The highest BCUT2D eigenvalue weighted by atomic mass is 127. The van der Waals surface area contributed by atoms with Gasteiger partial charge in [0.25, 0.3) is 0 Å². The van der Waals surface area contributed by atoms with Crippen molar-refractivity contribution in [2.75, 3.05) is 13.6 Å². The van der Waals surface area contributed by atoms with Crippen LogP contribution in [0.5, 0.6) is 0 Å². The lowest BCUT2D eigenvalue weighted by Gasteiger charge is -2.11. The first-order valence-corrected chi connectivity index (χ1v) is 7.76. The fourth-order valence-electron chi connectivity index (χ4n) is 2.42. The summed E-state index contributed by atoms with van der Waals surface area (Å²) in [4.78, 5) is 8.84. The zero-order chi connectivity index (χ0) is 15.9. The first-order chi connectivity index (χ1) is 11.3. The van der Waals surface area contributed by atoms with Crippen molar-refractivity contribution in [3.05, 3.63) is 72.2 Å². The number of hydrogen-bond donors (Lipinski definition) is 2. The van der Waals surface area contributed by atoms with E-state index < -0.39 is 0 Å². The van der Waals surface area contributed by atoms with Crippen LogP contribution in [0.3, 0.4) is 0 Å². The minimum absolute atomic E-state index is 0. The standard InChI is InChI=1S/C18H21N5.HI/c1-19-18(21-13-15-7-3-2-4-8-15)20-11-10-16-14-23-12-6-5-9-17(23)22-16;/h2-9,12,14H,10-11,13H2,1H3,(H2,19,20,21);1H. The second kappa shape index (κ2) is 9.27. The maximum atomic E-state index is 4.59. The van der Waals surface area contributed by atoms with E-state index in [-0.39, 0.29) is 24.0 Å². The van der Waals surface area contributed by atoms with Crippen LogP contribution in [0.1, 0.15) is 11.3 Å². The maximum Gasteiger partial charge on any atom is 0.191 e. The molecule has 2 aromatic heterocycles. The molecule has 3 rings (SSSR count). The number of rotatable bonds is 5.